The van der Waals surface area contributed by atoms with Crippen LogP contribution in [0, 0.1) is 5.92 Å². The molecule has 0 spiro atoms. The predicted molar refractivity (Wildman–Crippen MR) is 63.6 cm³/mol. The number of benzene rings is 1. The van der Waals surface area contributed by atoms with E-state index in [9.17, 15) is 9.90 Å². The number of phenolic OH excluding ortho intramolecular Hbond substituents is 2. The average molecular weight is 237 g/mol. The van der Waals surface area contributed by atoms with Crippen LogP contribution in [0.4, 0.5) is 0 Å². The molecule has 0 aliphatic rings. The summed E-state index contributed by atoms with van der Waals surface area (Å²) in [5, 5.41) is 27.5. The fourth-order valence-corrected chi connectivity index (χ4v) is 1.32. The Morgan fingerprint density at radius 1 is 1.35 bits per heavy atom. The van der Waals surface area contributed by atoms with E-state index in [4.69, 9.17) is 10.2 Å². The molecule has 0 heterocycles. The number of aliphatic imine (C=N–C) groups is 1. The van der Waals surface area contributed by atoms with E-state index in [1.54, 1.807) is 13.8 Å². The Labute approximate surface area is 99.1 Å². The molecule has 1 aromatic rings. The van der Waals surface area contributed by atoms with Crippen LogP contribution in [0.5, 0.6) is 11.5 Å². The molecule has 17 heavy (non-hydrogen) atoms. The van der Waals surface area contributed by atoms with E-state index in [-0.39, 0.29) is 17.4 Å². The van der Waals surface area contributed by atoms with Crippen molar-refractivity contribution in [2.24, 2.45) is 10.9 Å². The normalized spacial score (nSPS) is 13.1. The second kappa shape index (κ2) is 5.34. The quantitative estimate of drug-likeness (QED) is 0.694. The van der Waals surface area contributed by atoms with Crippen LogP contribution in [-0.2, 0) is 4.79 Å². The number of rotatable bonds is 4. The largest absolute Gasteiger partial charge is 0.508 e. The van der Waals surface area contributed by atoms with Gasteiger partial charge in [0.25, 0.3) is 0 Å². The summed E-state index contributed by atoms with van der Waals surface area (Å²) in [6, 6.07) is 3.19. The fraction of sp³-hybridized carbons (Fsp3) is 0.333. The molecular weight excluding hydrogens is 222 g/mol. The van der Waals surface area contributed by atoms with Gasteiger partial charge in [0.15, 0.2) is 0 Å². The van der Waals surface area contributed by atoms with E-state index in [0.29, 0.717) is 5.56 Å². The zero-order chi connectivity index (χ0) is 13.0. The molecule has 1 atom stereocenters. The van der Waals surface area contributed by atoms with Crippen molar-refractivity contribution in [3.05, 3.63) is 23.8 Å². The maximum absolute atomic E-state index is 10.9. The third-order valence-corrected chi connectivity index (χ3v) is 2.27. The molecule has 5 nitrogen and oxygen atoms in total. The summed E-state index contributed by atoms with van der Waals surface area (Å²) >= 11 is 0. The molecule has 5 heteroatoms. The molecule has 3 N–H and O–H groups in total. The first-order chi connectivity index (χ1) is 7.91. The molecule has 0 amide bonds. The molecule has 1 aromatic carbocycles. The zero-order valence-electron chi connectivity index (χ0n) is 9.66. The highest BCUT2D eigenvalue weighted by molar-refractivity contribution is 5.86. The number of phenols is 2. The van der Waals surface area contributed by atoms with Gasteiger partial charge < -0.3 is 15.3 Å². The van der Waals surface area contributed by atoms with Gasteiger partial charge in [0.2, 0.25) is 0 Å². The minimum Gasteiger partial charge on any atom is -0.508 e. The van der Waals surface area contributed by atoms with E-state index in [1.807, 2.05) is 0 Å². The maximum atomic E-state index is 10.9. The lowest BCUT2D eigenvalue weighted by molar-refractivity contribution is -0.139. The Bertz CT molecular complexity index is 440. The first kappa shape index (κ1) is 13.0. The first-order valence-electron chi connectivity index (χ1n) is 5.19. The van der Waals surface area contributed by atoms with Gasteiger partial charge in [0.05, 0.1) is 0 Å². The smallest absolute Gasteiger partial charge is 0.328 e. The van der Waals surface area contributed by atoms with E-state index in [1.165, 1.54) is 24.4 Å². The summed E-state index contributed by atoms with van der Waals surface area (Å²) in [6.07, 6.45) is 1.30. The number of aromatic hydroxyl groups is 2. The van der Waals surface area contributed by atoms with Crippen molar-refractivity contribution < 1.29 is 20.1 Å². The molecular formula is C12H15NO4. The Morgan fingerprint density at radius 2 is 2.00 bits per heavy atom. The molecule has 0 aromatic heterocycles. The maximum Gasteiger partial charge on any atom is 0.328 e. The minimum absolute atomic E-state index is 0.0571. The van der Waals surface area contributed by atoms with Crippen LogP contribution in [0.15, 0.2) is 23.2 Å². The third kappa shape index (κ3) is 3.48. The van der Waals surface area contributed by atoms with E-state index < -0.39 is 12.0 Å². The van der Waals surface area contributed by atoms with E-state index >= 15 is 0 Å². The summed E-state index contributed by atoms with van der Waals surface area (Å²) in [5.74, 6) is -1.34. The van der Waals surface area contributed by atoms with Crippen molar-refractivity contribution in [1.29, 1.82) is 0 Å². The Hall–Kier alpha value is -2.04. The fourth-order valence-electron chi connectivity index (χ4n) is 1.32. The van der Waals surface area contributed by atoms with Gasteiger partial charge in [0.1, 0.15) is 17.5 Å². The monoisotopic (exact) mass is 237 g/mol. The number of hydrogen-bond donors (Lipinski definition) is 3. The van der Waals surface area contributed by atoms with Gasteiger partial charge in [-0.3, -0.25) is 4.99 Å². The topological polar surface area (TPSA) is 90.1 Å². The van der Waals surface area contributed by atoms with Crippen molar-refractivity contribution in [2.45, 2.75) is 19.9 Å². The number of nitrogens with zero attached hydrogens (tertiary/aromatic N) is 1. The van der Waals surface area contributed by atoms with Gasteiger partial charge in [-0.1, -0.05) is 13.8 Å². The number of hydrogen-bond acceptors (Lipinski definition) is 4. The van der Waals surface area contributed by atoms with Crippen molar-refractivity contribution in [3.63, 3.8) is 0 Å². The van der Waals surface area contributed by atoms with Crippen LogP contribution in [0.1, 0.15) is 19.4 Å². The van der Waals surface area contributed by atoms with Gasteiger partial charge in [-0.25, -0.2) is 4.79 Å². The second-order valence-corrected chi connectivity index (χ2v) is 4.05. The molecule has 0 saturated carbocycles. The van der Waals surface area contributed by atoms with Gasteiger partial charge in [0, 0.05) is 17.8 Å². The highest BCUT2D eigenvalue weighted by Gasteiger charge is 2.19. The summed E-state index contributed by atoms with van der Waals surface area (Å²) in [4.78, 5) is 14.8. The van der Waals surface area contributed by atoms with E-state index in [2.05, 4.69) is 4.99 Å². The molecule has 0 bridgehead atoms. The van der Waals surface area contributed by atoms with Gasteiger partial charge in [-0.05, 0) is 18.1 Å². The van der Waals surface area contributed by atoms with Crippen LogP contribution in [0.25, 0.3) is 0 Å². The number of carboxylic acids is 1. The van der Waals surface area contributed by atoms with Crippen molar-refractivity contribution >= 4 is 12.2 Å². The number of aliphatic carboxylic acids is 1. The van der Waals surface area contributed by atoms with Gasteiger partial charge in [-0.2, -0.15) is 0 Å². The highest BCUT2D eigenvalue weighted by atomic mass is 16.4. The Morgan fingerprint density at radius 3 is 2.47 bits per heavy atom. The molecule has 0 radical (unpaired) electrons. The van der Waals surface area contributed by atoms with Crippen LogP contribution in [0.2, 0.25) is 0 Å². The highest BCUT2D eigenvalue weighted by Crippen LogP contribution is 2.21. The average Bonchev–Trinajstić information content (AvgIpc) is 2.20. The summed E-state index contributed by atoms with van der Waals surface area (Å²) < 4.78 is 0. The molecule has 0 aliphatic heterocycles. The molecule has 92 valence electrons. The van der Waals surface area contributed by atoms with E-state index in [0.717, 1.165) is 0 Å². The predicted octanol–water partition coefficient (Wildman–Crippen LogP) is 1.63. The lowest BCUT2D eigenvalue weighted by Gasteiger charge is -2.10. The minimum atomic E-state index is -1.01. The zero-order valence-corrected chi connectivity index (χ0v) is 9.66. The van der Waals surface area contributed by atoms with Gasteiger partial charge in [-0.15, -0.1) is 0 Å². The summed E-state index contributed by atoms with van der Waals surface area (Å²) in [6.45, 7) is 3.51. The van der Waals surface area contributed by atoms with Crippen LogP contribution < -0.4 is 0 Å². The number of carbonyl (C=O) groups is 1. The molecule has 0 unspecified atom stereocenters. The SMILES string of the molecule is CC(C)[C@@H](N=Cc1ccc(O)cc1O)C(=O)O. The second-order valence-electron chi connectivity index (χ2n) is 4.05. The molecule has 0 aliphatic carbocycles. The van der Waals surface area contributed by atoms with Crippen molar-refractivity contribution in [3.8, 4) is 11.5 Å². The number of carboxylic acid groups (broad SMARTS) is 1. The van der Waals surface area contributed by atoms with Crippen LogP contribution in [-0.4, -0.2) is 33.5 Å². The Balaban J connectivity index is 2.92. The standard InChI is InChI=1S/C12H15NO4/c1-7(2)11(12(16)17)13-6-8-3-4-9(14)5-10(8)15/h3-7,11,14-15H,1-2H3,(H,16,17)/t11-/m1/s1. The lowest BCUT2D eigenvalue weighted by Crippen LogP contribution is -2.24. The summed E-state index contributed by atoms with van der Waals surface area (Å²) in [5.41, 5.74) is 0.370. The Kier molecular flexibility index (Phi) is 4.09. The van der Waals surface area contributed by atoms with Crippen LogP contribution >= 0.6 is 0 Å². The molecule has 0 saturated heterocycles. The lowest BCUT2D eigenvalue weighted by atomic mass is 10.1. The third-order valence-electron chi connectivity index (χ3n) is 2.27. The van der Waals surface area contributed by atoms with Crippen LogP contribution in [0.3, 0.4) is 0 Å². The molecule has 1 rings (SSSR count). The van der Waals surface area contributed by atoms with Gasteiger partial charge >= 0.3 is 5.97 Å². The summed E-state index contributed by atoms with van der Waals surface area (Å²) in [7, 11) is 0. The van der Waals surface area contributed by atoms with Crippen molar-refractivity contribution in [1.82, 2.24) is 0 Å². The van der Waals surface area contributed by atoms with Crippen molar-refractivity contribution in [2.75, 3.05) is 0 Å². The molecule has 0 fully saturated rings. The first-order valence-corrected chi connectivity index (χ1v) is 5.19.